The summed E-state index contributed by atoms with van der Waals surface area (Å²) in [5.41, 5.74) is 6.07. The molecule has 1 amide bonds. The van der Waals surface area contributed by atoms with Crippen LogP contribution in [-0.4, -0.2) is 18.0 Å². The van der Waals surface area contributed by atoms with Gasteiger partial charge >= 0.3 is 0 Å². The molecule has 0 bridgehead atoms. The van der Waals surface area contributed by atoms with Gasteiger partial charge in [0.05, 0.1) is 0 Å². The summed E-state index contributed by atoms with van der Waals surface area (Å²) >= 11 is 0. The summed E-state index contributed by atoms with van der Waals surface area (Å²) in [7, 11) is 0. The van der Waals surface area contributed by atoms with Crippen molar-refractivity contribution in [3.05, 3.63) is 0 Å². The van der Waals surface area contributed by atoms with Gasteiger partial charge in [-0.2, -0.15) is 0 Å². The predicted octanol–water partition coefficient (Wildman–Crippen LogP) is 2.98. The Labute approximate surface area is 123 Å². The molecule has 0 aliphatic heterocycles. The number of fused-ring (bicyclic) bond motifs is 1. The predicted molar refractivity (Wildman–Crippen MR) is 81.2 cm³/mol. The Kier molecular flexibility index (Phi) is 4.65. The Balaban J connectivity index is 1.44. The van der Waals surface area contributed by atoms with Gasteiger partial charge in [-0.1, -0.05) is 32.1 Å². The summed E-state index contributed by atoms with van der Waals surface area (Å²) in [4.78, 5) is 12.2. The number of rotatable bonds is 3. The lowest BCUT2D eigenvalue weighted by Gasteiger charge is -2.39. The molecule has 0 heterocycles. The van der Waals surface area contributed by atoms with Crippen LogP contribution in [0.15, 0.2) is 0 Å². The molecule has 3 aliphatic rings. The third-order valence-electron chi connectivity index (χ3n) is 6.07. The quantitative estimate of drug-likeness (QED) is 0.834. The molecule has 3 saturated carbocycles. The molecule has 3 unspecified atom stereocenters. The van der Waals surface area contributed by atoms with E-state index in [1.165, 1.54) is 51.4 Å². The van der Waals surface area contributed by atoms with E-state index in [1.54, 1.807) is 0 Å². The van der Waals surface area contributed by atoms with E-state index in [1.807, 2.05) is 0 Å². The Morgan fingerprint density at radius 2 is 1.75 bits per heavy atom. The molecule has 0 saturated heterocycles. The second-order valence-corrected chi connectivity index (χ2v) is 7.44. The van der Waals surface area contributed by atoms with Gasteiger partial charge in [-0.05, 0) is 49.9 Å². The Bertz CT molecular complexity index is 344. The van der Waals surface area contributed by atoms with Gasteiger partial charge in [0.1, 0.15) is 0 Å². The molecular weight excluding hydrogens is 248 g/mol. The van der Waals surface area contributed by atoms with E-state index in [-0.39, 0.29) is 11.9 Å². The van der Waals surface area contributed by atoms with E-state index in [0.717, 1.165) is 24.7 Å². The minimum absolute atomic E-state index is 0.256. The number of carbonyl (C=O) groups excluding carboxylic acids is 1. The van der Waals surface area contributed by atoms with Gasteiger partial charge in [0.25, 0.3) is 0 Å². The van der Waals surface area contributed by atoms with Crippen molar-refractivity contribution >= 4 is 5.91 Å². The average molecular weight is 278 g/mol. The van der Waals surface area contributed by atoms with Gasteiger partial charge in [-0.25, -0.2) is 0 Å². The van der Waals surface area contributed by atoms with Crippen molar-refractivity contribution in [1.29, 1.82) is 0 Å². The van der Waals surface area contributed by atoms with Crippen molar-refractivity contribution in [1.82, 2.24) is 5.32 Å². The van der Waals surface area contributed by atoms with E-state index >= 15 is 0 Å². The Morgan fingerprint density at radius 3 is 2.50 bits per heavy atom. The van der Waals surface area contributed by atoms with Crippen LogP contribution in [0.1, 0.15) is 70.6 Å². The SMILES string of the molecule is N[C@@H]1CCC[C@H]1CC(=O)NC1CCC2CCCCC2C1. The van der Waals surface area contributed by atoms with Crippen LogP contribution in [0.5, 0.6) is 0 Å². The molecule has 0 radical (unpaired) electrons. The van der Waals surface area contributed by atoms with E-state index in [0.29, 0.717) is 18.4 Å². The lowest BCUT2D eigenvalue weighted by atomic mass is 9.69. The van der Waals surface area contributed by atoms with Crippen LogP contribution in [0.2, 0.25) is 0 Å². The topological polar surface area (TPSA) is 55.1 Å². The first-order valence-corrected chi connectivity index (χ1v) is 8.77. The zero-order valence-corrected chi connectivity index (χ0v) is 12.7. The molecule has 0 aromatic carbocycles. The highest BCUT2D eigenvalue weighted by molar-refractivity contribution is 5.76. The number of nitrogens with one attached hydrogen (secondary N) is 1. The summed E-state index contributed by atoms with van der Waals surface area (Å²) in [6.45, 7) is 0. The third-order valence-corrected chi connectivity index (χ3v) is 6.07. The van der Waals surface area contributed by atoms with Gasteiger partial charge in [-0.15, -0.1) is 0 Å². The Hall–Kier alpha value is -0.570. The van der Waals surface area contributed by atoms with Crippen LogP contribution in [-0.2, 0) is 4.79 Å². The first-order chi connectivity index (χ1) is 9.72. The normalized spacial score (nSPS) is 41.1. The zero-order valence-electron chi connectivity index (χ0n) is 12.7. The van der Waals surface area contributed by atoms with Crippen LogP contribution < -0.4 is 11.1 Å². The minimum Gasteiger partial charge on any atom is -0.353 e. The van der Waals surface area contributed by atoms with E-state index in [9.17, 15) is 4.79 Å². The first-order valence-electron chi connectivity index (χ1n) is 8.77. The Morgan fingerprint density at radius 1 is 0.950 bits per heavy atom. The van der Waals surface area contributed by atoms with Crippen molar-refractivity contribution in [3.8, 4) is 0 Å². The summed E-state index contributed by atoms with van der Waals surface area (Å²) in [5.74, 6) is 2.53. The molecular formula is C17H30N2O. The van der Waals surface area contributed by atoms with Crippen molar-refractivity contribution in [2.24, 2.45) is 23.5 Å². The number of hydrogen-bond acceptors (Lipinski definition) is 2. The van der Waals surface area contributed by atoms with E-state index in [2.05, 4.69) is 5.32 Å². The molecule has 0 aromatic rings. The number of hydrogen-bond donors (Lipinski definition) is 2. The highest BCUT2D eigenvalue weighted by atomic mass is 16.1. The second-order valence-electron chi connectivity index (χ2n) is 7.44. The average Bonchev–Trinajstić information content (AvgIpc) is 2.84. The van der Waals surface area contributed by atoms with E-state index < -0.39 is 0 Å². The van der Waals surface area contributed by atoms with Crippen molar-refractivity contribution in [3.63, 3.8) is 0 Å². The molecule has 3 aliphatic carbocycles. The molecule has 0 aromatic heterocycles. The summed E-state index contributed by atoms with van der Waals surface area (Å²) in [6, 6.07) is 0.703. The smallest absolute Gasteiger partial charge is 0.220 e. The molecule has 0 spiro atoms. The summed E-state index contributed by atoms with van der Waals surface area (Å²) in [5, 5.41) is 3.30. The maximum atomic E-state index is 12.2. The first kappa shape index (κ1) is 14.4. The molecule has 3 heteroatoms. The zero-order chi connectivity index (χ0) is 13.9. The van der Waals surface area contributed by atoms with Gasteiger partial charge < -0.3 is 11.1 Å². The molecule has 3 N–H and O–H groups in total. The third kappa shape index (κ3) is 3.36. The van der Waals surface area contributed by atoms with Crippen LogP contribution >= 0.6 is 0 Å². The van der Waals surface area contributed by atoms with Crippen LogP contribution in [0.4, 0.5) is 0 Å². The lowest BCUT2D eigenvalue weighted by Crippen LogP contribution is -2.42. The molecule has 3 rings (SSSR count). The molecule has 114 valence electrons. The maximum Gasteiger partial charge on any atom is 0.220 e. The standard InChI is InChI=1S/C17H30N2O/c18-16-7-3-6-14(16)11-17(20)19-15-9-8-12-4-1-2-5-13(12)10-15/h12-16H,1-11,18H2,(H,19,20)/t12?,13?,14-,15?,16+/m0/s1. The summed E-state index contributed by atoms with van der Waals surface area (Å²) in [6.07, 6.45) is 13.5. The monoisotopic (exact) mass is 278 g/mol. The molecule has 3 nitrogen and oxygen atoms in total. The highest BCUT2D eigenvalue weighted by Crippen LogP contribution is 2.40. The fraction of sp³-hybridized carbons (Fsp3) is 0.941. The molecule has 3 fully saturated rings. The minimum atomic E-state index is 0.256. The lowest BCUT2D eigenvalue weighted by molar-refractivity contribution is -0.123. The van der Waals surface area contributed by atoms with Gasteiger partial charge in [0.2, 0.25) is 5.91 Å². The second kappa shape index (κ2) is 6.46. The van der Waals surface area contributed by atoms with Crippen LogP contribution in [0.3, 0.4) is 0 Å². The van der Waals surface area contributed by atoms with Crippen molar-refractivity contribution < 1.29 is 4.79 Å². The maximum absolute atomic E-state index is 12.2. The highest BCUT2D eigenvalue weighted by Gasteiger charge is 2.33. The van der Waals surface area contributed by atoms with Crippen LogP contribution in [0, 0.1) is 17.8 Å². The summed E-state index contributed by atoms with van der Waals surface area (Å²) < 4.78 is 0. The fourth-order valence-corrected chi connectivity index (χ4v) is 4.85. The van der Waals surface area contributed by atoms with Gasteiger partial charge in [0, 0.05) is 18.5 Å². The number of amides is 1. The van der Waals surface area contributed by atoms with Gasteiger partial charge in [0.15, 0.2) is 0 Å². The van der Waals surface area contributed by atoms with Gasteiger partial charge in [-0.3, -0.25) is 4.79 Å². The number of nitrogens with two attached hydrogens (primary N) is 1. The van der Waals surface area contributed by atoms with Crippen molar-refractivity contribution in [2.45, 2.75) is 82.7 Å². The number of carbonyl (C=O) groups is 1. The molecule has 20 heavy (non-hydrogen) atoms. The van der Waals surface area contributed by atoms with E-state index in [4.69, 9.17) is 5.73 Å². The van der Waals surface area contributed by atoms with Crippen molar-refractivity contribution in [2.75, 3.05) is 0 Å². The molecule has 5 atom stereocenters. The largest absolute Gasteiger partial charge is 0.353 e. The van der Waals surface area contributed by atoms with Crippen LogP contribution in [0.25, 0.3) is 0 Å². The fourth-order valence-electron chi connectivity index (χ4n) is 4.85.